The van der Waals surface area contributed by atoms with E-state index >= 15 is 0 Å². The number of aliphatic hydroxyl groups is 1. The van der Waals surface area contributed by atoms with Gasteiger partial charge in [0.15, 0.2) is 5.13 Å². The lowest BCUT2D eigenvalue weighted by Crippen LogP contribution is -2.03. The van der Waals surface area contributed by atoms with Crippen LogP contribution < -0.4 is 5.73 Å². The lowest BCUT2D eigenvalue weighted by Gasteiger charge is -2.13. The van der Waals surface area contributed by atoms with Gasteiger partial charge in [-0.25, -0.2) is 4.98 Å². The molecule has 4 nitrogen and oxygen atoms in total. The molecule has 17 heavy (non-hydrogen) atoms. The van der Waals surface area contributed by atoms with Crippen LogP contribution in [0.4, 0.5) is 5.13 Å². The van der Waals surface area contributed by atoms with Crippen LogP contribution >= 0.6 is 11.3 Å². The molecule has 0 aliphatic rings. The van der Waals surface area contributed by atoms with Crippen LogP contribution in [0.25, 0.3) is 0 Å². The Labute approximate surface area is 104 Å². The number of nitrogen functional groups attached to an aromatic ring is 1. The number of rotatable bonds is 4. The zero-order valence-corrected chi connectivity index (χ0v) is 10.3. The summed E-state index contributed by atoms with van der Waals surface area (Å²) in [5.41, 5.74) is 7.36. The predicted octanol–water partition coefficient (Wildman–Crippen LogP) is 1.95. The van der Waals surface area contributed by atoms with Gasteiger partial charge in [-0.15, -0.1) is 0 Å². The molecule has 0 spiro atoms. The maximum absolute atomic E-state index is 10.3. The molecule has 2 aromatic rings. The van der Waals surface area contributed by atoms with Crippen molar-refractivity contribution in [1.29, 1.82) is 0 Å². The highest BCUT2D eigenvalue weighted by Gasteiger charge is 2.16. The van der Waals surface area contributed by atoms with Crippen LogP contribution in [0.1, 0.15) is 22.1 Å². The maximum atomic E-state index is 10.3. The summed E-state index contributed by atoms with van der Waals surface area (Å²) in [6.07, 6.45) is 0.907. The van der Waals surface area contributed by atoms with Crippen LogP contribution in [0.15, 0.2) is 30.5 Å². The first kappa shape index (κ1) is 12.0. The molecule has 0 amide bonds. The molecule has 90 valence electrons. The molecule has 2 rings (SSSR count). The third kappa shape index (κ3) is 2.63. The molecule has 0 saturated heterocycles. The number of methoxy groups -OCH3 is 1. The van der Waals surface area contributed by atoms with Crippen molar-refractivity contribution in [2.24, 2.45) is 0 Å². The lowest BCUT2D eigenvalue weighted by atomic mass is 10.0. The third-order valence-electron chi connectivity index (χ3n) is 2.46. The highest BCUT2D eigenvalue weighted by Crippen LogP contribution is 2.29. The third-order valence-corrected chi connectivity index (χ3v) is 3.34. The Kier molecular flexibility index (Phi) is 3.73. The zero-order valence-electron chi connectivity index (χ0n) is 9.46. The maximum Gasteiger partial charge on any atom is 0.180 e. The Bertz CT molecular complexity index is 499. The van der Waals surface area contributed by atoms with Crippen molar-refractivity contribution in [3.05, 3.63) is 46.5 Å². The Morgan fingerprint density at radius 3 is 2.88 bits per heavy atom. The summed E-state index contributed by atoms with van der Waals surface area (Å²) < 4.78 is 5.11. The molecule has 3 N–H and O–H groups in total. The van der Waals surface area contributed by atoms with Crippen LogP contribution in [0.5, 0.6) is 0 Å². The molecular weight excluding hydrogens is 236 g/mol. The first-order chi connectivity index (χ1) is 8.22. The Hall–Kier alpha value is -1.43. The largest absolute Gasteiger partial charge is 0.383 e. The first-order valence-electron chi connectivity index (χ1n) is 5.18. The van der Waals surface area contributed by atoms with Gasteiger partial charge in [-0.3, -0.25) is 0 Å². The second-order valence-corrected chi connectivity index (χ2v) is 4.73. The summed E-state index contributed by atoms with van der Waals surface area (Å²) in [4.78, 5) is 4.69. The van der Waals surface area contributed by atoms with Crippen LogP contribution in [0, 0.1) is 0 Å². The fourth-order valence-electron chi connectivity index (χ4n) is 1.67. The Morgan fingerprint density at radius 1 is 1.47 bits per heavy atom. The van der Waals surface area contributed by atoms with Gasteiger partial charge in [0.25, 0.3) is 0 Å². The molecule has 5 heteroatoms. The van der Waals surface area contributed by atoms with E-state index in [4.69, 9.17) is 10.5 Å². The average Bonchev–Trinajstić information content (AvgIpc) is 2.76. The number of aliphatic hydroxyl groups excluding tert-OH is 1. The fourth-order valence-corrected chi connectivity index (χ4v) is 2.36. The van der Waals surface area contributed by atoms with E-state index in [1.54, 1.807) is 13.3 Å². The molecular formula is C12H14N2O2S. The van der Waals surface area contributed by atoms with Gasteiger partial charge in [0.1, 0.15) is 6.10 Å². The van der Waals surface area contributed by atoms with E-state index in [1.807, 2.05) is 24.3 Å². The average molecular weight is 250 g/mol. The quantitative estimate of drug-likeness (QED) is 0.870. The molecule has 0 saturated carbocycles. The molecule has 0 aliphatic carbocycles. The van der Waals surface area contributed by atoms with Crippen molar-refractivity contribution in [2.45, 2.75) is 12.7 Å². The number of nitrogens with zero attached hydrogens (tertiary/aromatic N) is 1. The van der Waals surface area contributed by atoms with E-state index < -0.39 is 6.10 Å². The minimum Gasteiger partial charge on any atom is -0.383 e. The number of hydrogen-bond acceptors (Lipinski definition) is 5. The molecule has 0 radical (unpaired) electrons. The van der Waals surface area contributed by atoms with E-state index in [-0.39, 0.29) is 0 Å². The minimum atomic E-state index is -0.698. The number of hydrogen-bond donors (Lipinski definition) is 2. The lowest BCUT2D eigenvalue weighted by molar-refractivity contribution is 0.177. The number of benzene rings is 1. The van der Waals surface area contributed by atoms with E-state index in [0.717, 1.165) is 16.0 Å². The van der Waals surface area contributed by atoms with E-state index in [9.17, 15) is 5.11 Å². The van der Waals surface area contributed by atoms with Crippen LogP contribution in [-0.4, -0.2) is 17.2 Å². The topological polar surface area (TPSA) is 68.4 Å². The second-order valence-electron chi connectivity index (χ2n) is 3.64. The molecule has 0 aliphatic heterocycles. The second kappa shape index (κ2) is 5.27. The van der Waals surface area contributed by atoms with E-state index in [0.29, 0.717) is 11.7 Å². The molecule has 1 heterocycles. The summed E-state index contributed by atoms with van der Waals surface area (Å²) in [6.45, 7) is 0.474. The van der Waals surface area contributed by atoms with Crippen LogP contribution in [-0.2, 0) is 11.3 Å². The van der Waals surface area contributed by atoms with Gasteiger partial charge in [0.05, 0.1) is 11.5 Å². The number of thiazole rings is 1. The molecule has 1 aromatic carbocycles. The summed E-state index contributed by atoms with van der Waals surface area (Å²) >= 11 is 1.29. The van der Waals surface area contributed by atoms with E-state index in [2.05, 4.69) is 4.98 Å². The number of ether oxygens (including phenoxy) is 1. The molecule has 0 bridgehead atoms. The standard InChI is InChI=1S/C12H14N2O2S/c1-16-7-8-4-2-3-5-9(8)11(15)10-6-14-12(13)17-10/h2-6,11,15H,7H2,1H3,(H2,13,14). The van der Waals surface area contributed by atoms with Crippen molar-refractivity contribution >= 4 is 16.5 Å². The Balaban J connectivity index is 2.33. The van der Waals surface area contributed by atoms with Crippen LogP contribution in [0.3, 0.4) is 0 Å². The van der Waals surface area contributed by atoms with Crippen molar-refractivity contribution in [3.63, 3.8) is 0 Å². The van der Waals surface area contributed by atoms with Crippen molar-refractivity contribution in [2.75, 3.05) is 12.8 Å². The van der Waals surface area contributed by atoms with E-state index in [1.165, 1.54) is 11.3 Å². The van der Waals surface area contributed by atoms with Crippen LogP contribution in [0.2, 0.25) is 0 Å². The van der Waals surface area contributed by atoms with Gasteiger partial charge >= 0.3 is 0 Å². The van der Waals surface area contributed by atoms with Gasteiger partial charge in [0, 0.05) is 13.3 Å². The van der Waals surface area contributed by atoms with Crippen molar-refractivity contribution < 1.29 is 9.84 Å². The molecule has 1 aromatic heterocycles. The van der Waals surface area contributed by atoms with Gasteiger partial charge in [-0.2, -0.15) is 0 Å². The summed E-state index contributed by atoms with van der Waals surface area (Å²) in [7, 11) is 1.63. The first-order valence-corrected chi connectivity index (χ1v) is 6.00. The summed E-state index contributed by atoms with van der Waals surface area (Å²) in [5.74, 6) is 0. The normalized spacial score (nSPS) is 12.6. The molecule has 1 unspecified atom stereocenters. The number of nitrogens with two attached hydrogens (primary N) is 1. The van der Waals surface area contributed by atoms with Gasteiger partial charge in [0.2, 0.25) is 0 Å². The van der Waals surface area contributed by atoms with Gasteiger partial charge in [-0.1, -0.05) is 35.6 Å². The minimum absolute atomic E-state index is 0.461. The van der Waals surface area contributed by atoms with Gasteiger partial charge < -0.3 is 15.6 Å². The van der Waals surface area contributed by atoms with Gasteiger partial charge in [-0.05, 0) is 11.1 Å². The molecule has 1 atom stereocenters. The van der Waals surface area contributed by atoms with Crippen molar-refractivity contribution in [1.82, 2.24) is 4.98 Å². The predicted molar refractivity (Wildman–Crippen MR) is 67.7 cm³/mol. The number of anilines is 1. The highest BCUT2D eigenvalue weighted by molar-refractivity contribution is 7.15. The Morgan fingerprint density at radius 2 is 2.24 bits per heavy atom. The highest BCUT2D eigenvalue weighted by atomic mass is 32.1. The number of aromatic nitrogens is 1. The fraction of sp³-hybridized carbons (Fsp3) is 0.250. The smallest absolute Gasteiger partial charge is 0.180 e. The zero-order chi connectivity index (χ0) is 12.3. The monoisotopic (exact) mass is 250 g/mol. The SMILES string of the molecule is COCc1ccccc1C(O)c1cnc(N)s1. The van der Waals surface area contributed by atoms with Crippen molar-refractivity contribution in [3.8, 4) is 0 Å². The summed E-state index contributed by atoms with van der Waals surface area (Å²) in [5, 5.41) is 10.7. The summed E-state index contributed by atoms with van der Waals surface area (Å²) in [6, 6.07) is 7.63. The molecule has 0 fully saturated rings.